The molecule has 0 aliphatic carbocycles. The molecule has 0 amide bonds. The summed E-state index contributed by atoms with van der Waals surface area (Å²) in [7, 11) is 0. The molecule has 4 rings (SSSR count). The number of carbonyl (C=O) groups excluding carboxylic acids is 1. The molecule has 20 heavy (non-hydrogen) atoms. The molecule has 0 radical (unpaired) electrons. The van der Waals surface area contributed by atoms with Gasteiger partial charge in [-0.2, -0.15) is 0 Å². The van der Waals surface area contributed by atoms with E-state index in [1.807, 2.05) is 40.9 Å². The van der Waals surface area contributed by atoms with Crippen LogP contribution in [0.25, 0.3) is 16.9 Å². The maximum atomic E-state index is 11.2. The molecule has 0 saturated carbocycles. The number of carbonyl (C=O) groups is 1. The Balaban J connectivity index is 1.96. The zero-order valence-electron chi connectivity index (χ0n) is 10.7. The summed E-state index contributed by atoms with van der Waals surface area (Å²) in [5.41, 5.74) is 3.50. The Morgan fingerprint density at radius 3 is 3.10 bits per heavy atom. The van der Waals surface area contributed by atoms with E-state index in [9.17, 15) is 4.79 Å². The van der Waals surface area contributed by atoms with Gasteiger partial charge in [-0.1, -0.05) is 6.07 Å². The average Bonchev–Trinajstić information content (AvgIpc) is 3.10. The monoisotopic (exact) mass is 264 g/mol. The van der Waals surface area contributed by atoms with E-state index >= 15 is 0 Å². The molecule has 0 unspecified atom stereocenters. The maximum absolute atomic E-state index is 11.2. The third kappa shape index (κ3) is 1.54. The number of aldehydes is 1. The molecule has 1 aliphatic rings. The molecule has 0 N–H and O–H groups in total. The molecule has 0 bridgehead atoms. The van der Waals surface area contributed by atoms with Gasteiger partial charge in [0, 0.05) is 18.2 Å². The van der Waals surface area contributed by atoms with Crippen LogP contribution in [0.5, 0.6) is 5.75 Å². The van der Waals surface area contributed by atoms with E-state index in [-0.39, 0.29) is 0 Å². The van der Waals surface area contributed by atoms with Gasteiger partial charge in [-0.25, -0.2) is 4.98 Å². The maximum Gasteiger partial charge on any atom is 0.170 e. The number of rotatable bonds is 2. The molecule has 3 heterocycles. The van der Waals surface area contributed by atoms with Crippen molar-refractivity contribution >= 4 is 11.8 Å². The van der Waals surface area contributed by atoms with Crippen molar-refractivity contribution in [2.24, 2.45) is 0 Å². The molecule has 4 heteroatoms. The standard InChI is InChI=1S/C16H12N2O2/c19-10-13-14-3-1-2-7-18(14)16(17-13)12-4-5-15-11(9-12)6-8-20-15/h1-5,7,9-10H,6,8H2. The van der Waals surface area contributed by atoms with Crippen LogP contribution in [-0.2, 0) is 6.42 Å². The molecule has 3 aromatic rings. The van der Waals surface area contributed by atoms with E-state index < -0.39 is 0 Å². The van der Waals surface area contributed by atoms with Crippen molar-refractivity contribution < 1.29 is 9.53 Å². The predicted molar refractivity (Wildman–Crippen MR) is 75.2 cm³/mol. The molecular weight excluding hydrogens is 252 g/mol. The van der Waals surface area contributed by atoms with Crippen LogP contribution in [0.3, 0.4) is 0 Å². The highest BCUT2D eigenvalue weighted by Gasteiger charge is 2.16. The van der Waals surface area contributed by atoms with Crippen molar-refractivity contribution in [2.75, 3.05) is 6.61 Å². The zero-order chi connectivity index (χ0) is 13.5. The van der Waals surface area contributed by atoms with E-state index in [0.29, 0.717) is 5.69 Å². The van der Waals surface area contributed by atoms with E-state index in [1.165, 1.54) is 5.56 Å². The van der Waals surface area contributed by atoms with Crippen molar-refractivity contribution in [3.8, 4) is 17.1 Å². The summed E-state index contributed by atoms with van der Waals surface area (Å²) in [6, 6.07) is 11.8. The van der Waals surface area contributed by atoms with Gasteiger partial charge in [-0.05, 0) is 35.9 Å². The van der Waals surface area contributed by atoms with Crippen LogP contribution in [0.15, 0.2) is 42.6 Å². The van der Waals surface area contributed by atoms with Crippen LogP contribution in [-0.4, -0.2) is 22.3 Å². The van der Waals surface area contributed by atoms with Crippen LogP contribution in [0.2, 0.25) is 0 Å². The first-order valence-electron chi connectivity index (χ1n) is 6.55. The third-order valence-corrected chi connectivity index (χ3v) is 3.64. The van der Waals surface area contributed by atoms with E-state index in [0.717, 1.165) is 42.0 Å². The second-order valence-electron chi connectivity index (χ2n) is 4.82. The first-order valence-corrected chi connectivity index (χ1v) is 6.55. The van der Waals surface area contributed by atoms with Gasteiger partial charge in [0.05, 0.1) is 12.1 Å². The van der Waals surface area contributed by atoms with Gasteiger partial charge in [0.25, 0.3) is 0 Å². The Morgan fingerprint density at radius 2 is 2.20 bits per heavy atom. The molecule has 4 nitrogen and oxygen atoms in total. The second-order valence-corrected chi connectivity index (χ2v) is 4.82. The van der Waals surface area contributed by atoms with Gasteiger partial charge in [0.15, 0.2) is 6.29 Å². The fourth-order valence-electron chi connectivity index (χ4n) is 2.68. The van der Waals surface area contributed by atoms with Crippen LogP contribution < -0.4 is 4.74 Å². The summed E-state index contributed by atoms with van der Waals surface area (Å²) >= 11 is 0. The molecule has 0 fully saturated rings. The smallest absolute Gasteiger partial charge is 0.170 e. The lowest BCUT2D eigenvalue weighted by Gasteiger charge is -2.03. The molecule has 0 atom stereocenters. The van der Waals surface area contributed by atoms with Crippen molar-refractivity contribution in [3.63, 3.8) is 0 Å². The van der Waals surface area contributed by atoms with Crippen molar-refractivity contribution in [1.82, 2.24) is 9.38 Å². The highest BCUT2D eigenvalue weighted by molar-refractivity contribution is 5.86. The van der Waals surface area contributed by atoms with Gasteiger partial charge in [0.1, 0.15) is 17.3 Å². The minimum Gasteiger partial charge on any atom is -0.493 e. The third-order valence-electron chi connectivity index (χ3n) is 3.64. The van der Waals surface area contributed by atoms with Crippen molar-refractivity contribution in [3.05, 3.63) is 53.9 Å². The van der Waals surface area contributed by atoms with Crippen molar-refractivity contribution in [2.45, 2.75) is 6.42 Å². The topological polar surface area (TPSA) is 43.6 Å². The molecule has 98 valence electrons. The quantitative estimate of drug-likeness (QED) is 0.668. The predicted octanol–water partition coefficient (Wildman–Crippen LogP) is 2.75. The summed E-state index contributed by atoms with van der Waals surface area (Å²) in [6.07, 6.45) is 3.65. The Morgan fingerprint density at radius 1 is 1.25 bits per heavy atom. The molecule has 1 aliphatic heterocycles. The number of fused-ring (bicyclic) bond motifs is 2. The largest absolute Gasteiger partial charge is 0.493 e. The SMILES string of the molecule is O=Cc1nc(-c2ccc3c(c2)CCO3)n2ccccc12. The van der Waals surface area contributed by atoms with Gasteiger partial charge < -0.3 is 4.74 Å². The number of nitrogens with zero attached hydrogens (tertiary/aromatic N) is 2. The Labute approximate surface area is 115 Å². The van der Waals surface area contributed by atoms with Gasteiger partial charge in [0.2, 0.25) is 0 Å². The summed E-state index contributed by atoms with van der Waals surface area (Å²) in [5, 5.41) is 0. The number of pyridine rings is 1. The number of imidazole rings is 1. The molecular formula is C16H12N2O2. The number of aromatic nitrogens is 2. The number of ether oxygens (including phenoxy) is 1. The first-order chi connectivity index (χ1) is 9.86. The fourth-order valence-corrected chi connectivity index (χ4v) is 2.68. The summed E-state index contributed by atoms with van der Waals surface area (Å²) in [4.78, 5) is 15.6. The lowest BCUT2D eigenvalue weighted by molar-refractivity contribution is 0.112. The molecule has 0 saturated heterocycles. The van der Waals surface area contributed by atoms with Crippen LogP contribution >= 0.6 is 0 Å². The van der Waals surface area contributed by atoms with Gasteiger partial charge >= 0.3 is 0 Å². The zero-order valence-corrected chi connectivity index (χ0v) is 10.7. The average molecular weight is 264 g/mol. The van der Waals surface area contributed by atoms with E-state index in [2.05, 4.69) is 11.1 Å². The fraction of sp³-hybridized carbons (Fsp3) is 0.125. The highest BCUT2D eigenvalue weighted by Crippen LogP contribution is 2.30. The number of hydrogen-bond acceptors (Lipinski definition) is 3. The number of hydrogen-bond donors (Lipinski definition) is 0. The minimum absolute atomic E-state index is 0.470. The van der Waals surface area contributed by atoms with Crippen LogP contribution in [0, 0.1) is 0 Å². The normalized spacial score (nSPS) is 13.2. The Kier molecular flexibility index (Phi) is 2.36. The molecule has 0 spiro atoms. The lowest BCUT2D eigenvalue weighted by Crippen LogP contribution is -1.89. The van der Waals surface area contributed by atoms with E-state index in [4.69, 9.17) is 4.74 Å². The second kappa shape index (κ2) is 4.20. The first kappa shape index (κ1) is 11.2. The Hall–Kier alpha value is -2.62. The summed E-state index contributed by atoms with van der Waals surface area (Å²) < 4.78 is 7.47. The lowest BCUT2D eigenvalue weighted by atomic mass is 10.1. The van der Waals surface area contributed by atoms with Gasteiger partial charge in [-0.15, -0.1) is 0 Å². The number of benzene rings is 1. The molecule has 1 aromatic carbocycles. The van der Waals surface area contributed by atoms with Crippen LogP contribution in [0.4, 0.5) is 0 Å². The van der Waals surface area contributed by atoms with Crippen molar-refractivity contribution in [1.29, 1.82) is 0 Å². The summed E-state index contributed by atoms with van der Waals surface area (Å²) in [5.74, 6) is 1.74. The minimum atomic E-state index is 0.470. The van der Waals surface area contributed by atoms with Gasteiger partial charge in [-0.3, -0.25) is 9.20 Å². The Bertz CT molecular complexity index is 820. The summed E-state index contributed by atoms with van der Waals surface area (Å²) in [6.45, 7) is 0.737. The molecule has 2 aromatic heterocycles. The van der Waals surface area contributed by atoms with E-state index in [1.54, 1.807) is 0 Å². The van der Waals surface area contributed by atoms with Crippen LogP contribution in [0.1, 0.15) is 16.1 Å². The highest BCUT2D eigenvalue weighted by atomic mass is 16.5.